The number of hydrogen-bond acceptors (Lipinski definition) is 6. The molecule has 10 heteroatoms. The van der Waals surface area contributed by atoms with Crippen LogP contribution >= 0.6 is 23.2 Å². The zero-order valence-electron chi connectivity index (χ0n) is 18.3. The van der Waals surface area contributed by atoms with E-state index in [9.17, 15) is 9.18 Å². The van der Waals surface area contributed by atoms with Gasteiger partial charge in [0.25, 0.3) is 0 Å². The van der Waals surface area contributed by atoms with Gasteiger partial charge < -0.3 is 20.3 Å². The molecule has 0 radical (unpaired) electrons. The number of methoxy groups -OCH3 is 1. The summed E-state index contributed by atoms with van der Waals surface area (Å²) in [5.41, 5.74) is 1.57. The number of carbonyl (C=O) groups excluding carboxylic acids is 1. The highest BCUT2D eigenvalue weighted by Crippen LogP contribution is 2.44. The van der Waals surface area contributed by atoms with Gasteiger partial charge in [0.15, 0.2) is 5.82 Å². The number of amides is 1. The number of benzene rings is 2. The van der Waals surface area contributed by atoms with Gasteiger partial charge in [0.1, 0.15) is 17.9 Å². The van der Waals surface area contributed by atoms with Gasteiger partial charge >= 0.3 is 0 Å². The van der Waals surface area contributed by atoms with Gasteiger partial charge in [0.05, 0.1) is 34.0 Å². The van der Waals surface area contributed by atoms with Crippen LogP contribution in [0.5, 0.6) is 5.75 Å². The SMILES string of the molecule is C=CC(=O)N1CC2C[C@H](C1)C2Nc1cc2c(Nc3ccc(Cl)c(Cl)c3F)ncnc2cc1OC. The second-order valence-corrected chi connectivity index (χ2v) is 9.30. The quantitative estimate of drug-likeness (QED) is 0.353. The van der Waals surface area contributed by atoms with Crippen LogP contribution in [-0.2, 0) is 4.79 Å². The first kappa shape index (κ1) is 22.7. The van der Waals surface area contributed by atoms with Crippen molar-refractivity contribution in [1.29, 1.82) is 0 Å². The summed E-state index contributed by atoms with van der Waals surface area (Å²) in [7, 11) is 1.60. The predicted molar refractivity (Wildman–Crippen MR) is 132 cm³/mol. The predicted octanol–water partition coefficient (Wildman–Crippen LogP) is 5.27. The molecule has 2 saturated heterocycles. The molecule has 2 bridgehead atoms. The van der Waals surface area contributed by atoms with Crippen LogP contribution in [0.2, 0.25) is 10.0 Å². The molecule has 2 aliphatic heterocycles. The van der Waals surface area contributed by atoms with E-state index in [0.717, 1.165) is 12.1 Å². The number of anilines is 3. The number of ether oxygens (including phenoxy) is 1. The van der Waals surface area contributed by atoms with E-state index in [-0.39, 0.29) is 27.7 Å². The van der Waals surface area contributed by atoms with Crippen LogP contribution in [0.25, 0.3) is 10.9 Å². The van der Waals surface area contributed by atoms with Crippen LogP contribution in [0.15, 0.2) is 43.2 Å². The highest BCUT2D eigenvalue weighted by molar-refractivity contribution is 6.42. The number of rotatable bonds is 6. The van der Waals surface area contributed by atoms with Crippen LogP contribution in [0, 0.1) is 17.7 Å². The maximum Gasteiger partial charge on any atom is 0.245 e. The zero-order valence-corrected chi connectivity index (χ0v) is 19.8. The smallest absolute Gasteiger partial charge is 0.245 e. The molecule has 0 spiro atoms. The molecule has 3 aliphatic rings. The zero-order chi connectivity index (χ0) is 24.0. The summed E-state index contributed by atoms with van der Waals surface area (Å²) in [4.78, 5) is 22.5. The average Bonchev–Trinajstić information content (AvgIpc) is 2.86. The first-order chi connectivity index (χ1) is 16.4. The van der Waals surface area contributed by atoms with E-state index in [1.165, 1.54) is 24.5 Å². The molecular weight excluding hydrogens is 480 g/mol. The summed E-state index contributed by atoms with van der Waals surface area (Å²) in [6, 6.07) is 6.95. The number of fused-ring (bicyclic) bond motifs is 3. The molecule has 1 saturated carbocycles. The van der Waals surface area contributed by atoms with Crippen molar-refractivity contribution < 1.29 is 13.9 Å². The Labute approximate surface area is 205 Å². The minimum absolute atomic E-state index is 0.0289. The van der Waals surface area contributed by atoms with Crippen LogP contribution in [0.1, 0.15) is 6.42 Å². The molecule has 34 heavy (non-hydrogen) atoms. The number of aromatic nitrogens is 2. The van der Waals surface area contributed by atoms with Crippen molar-refractivity contribution in [2.24, 2.45) is 11.8 Å². The first-order valence-corrected chi connectivity index (χ1v) is 11.6. The lowest BCUT2D eigenvalue weighted by Crippen LogP contribution is -2.62. The van der Waals surface area contributed by atoms with Gasteiger partial charge in [-0.25, -0.2) is 14.4 Å². The highest BCUT2D eigenvalue weighted by atomic mass is 35.5. The number of nitrogens with one attached hydrogen (secondary N) is 2. The van der Waals surface area contributed by atoms with Crippen molar-refractivity contribution in [1.82, 2.24) is 14.9 Å². The topological polar surface area (TPSA) is 79.4 Å². The molecule has 3 fully saturated rings. The van der Waals surface area contributed by atoms with Crippen molar-refractivity contribution >= 4 is 57.2 Å². The van der Waals surface area contributed by atoms with Crippen LogP contribution in [0.4, 0.5) is 21.6 Å². The number of nitrogens with zero attached hydrogens (tertiary/aromatic N) is 3. The second kappa shape index (κ2) is 8.92. The van der Waals surface area contributed by atoms with E-state index >= 15 is 0 Å². The number of hydrogen-bond donors (Lipinski definition) is 2. The molecule has 176 valence electrons. The third-order valence-electron chi connectivity index (χ3n) is 6.58. The van der Waals surface area contributed by atoms with Crippen LogP contribution in [-0.4, -0.2) is 47.0 Å². The Morgan fingerprint density at radius 1 is 1.24 bits per heavy atom. The standard InChI is InChI=1S/C24H22Cl2FN5O2/c1-3-20(33)32-9-12-6-13(10-32)23(12)30-18-7-14-17(8-19(18)34-2)28-11-29-24(14)31-16-5-4-15(25)21(26)22(16)27/h3-5,7-8,11-13,23,30H,1,6,9-10H2,2H3,(H,28,29,31)/t12-,13?,23?/m1/s1. The number of carbonyl (C=O) groups is 1. The number of piperidine rings is 2. The average molecular weight is 502 g/mol. The fraction of sp³-hybridized carbons (Fsp3) is 0.292. The fourth-order valence-electron chi connectivity index (χ4n) is 4.83. The Hall–Kier alpha value is -3.10. The summed E-state index contributed by atoms with van der Waals surface area (Å²) in [5, 5.41) is 7.27. The van der Waals surface area contributed by atoms with Crippen molar-refractivity contribution in [3.8, 4) is 5.75 Å². The van der Waals surface area contributed by atoms with Gasteiger partial charge in [-0.3, -0.25) is 4.79 Å². The van der Waals surface area contributed by atoms with Gasteiger partial charge in [0.2, 0.25) is 5.91 Å². The normalized spacial score (nSPS) is 21.1. The van der Waals surface area contributed by atoms with Crippen molar-refractivity contribution in [2.45, 2.75) is 12.5 Å². The lowest BCUT2D eigenvalue weighted by atomic mass is 9.66. The van der Waals surface area contributed by atoms with E-state index in [0.29, 0.717) is 47.4 Å². The maximum absolute atomic E-state index is 14.6. The van der Waals surface area contributed by atoms with E-state index in [2.05, 4.69) is 27.2 Å². The second-order valence-electron chi connectivity index (χ2n) is 8.51. The largest absolute Gasteiger partial charge is 0.495 e. The van der Waals surface area contributed by atoms with Crippen LogP contribution < -0.4 is 15.4 Å². The van der Waals surface area contributed by atoms with Gasteiger partial charge in [-0.2, -0.15) is 0 Å². The summed E-state index contributed by atoms with van der Waals surface area (Å²) < 4.78 is 20.2. The van der Waals surface area contributed by atoms with Gasteiger partial charge in [0, 0.05) is 30.6 Å². The molecule has 3 heterocycles. The summed E-state index contributed by atoms with van der Waals surface area (Å²) in [6.07, 6.45) is 3.83. The van der Waals surface area contributed by atoms with Crippen molar-refractivity contribution in [3.05, 3.63) is 59.1 Å². The summed E-state index contributed by atoms with van der Waals surface area (Å²) in [5.74, 6) is 1.06. The van der Waals surface area contributed by atoms with E-state index in [4.69, 9.17) is 27.9 Å². The molecule has 2 aromatic carbocycles. The van der Waals surface area contributed by atoms with Crippen LogP contribution in [0.3, 0.4) is 0 Å². The monoisotopic (exact) mass is 501 g/mol. The molecule has 1 amide bonds. The Morgan fingerprint density at radius 3 is 2.71 bits per heavy atom. The fourth-order valence-corrected chi connectivity index (χ4v) is 5.14. The molecule has 7 nitrogen and oxygen atoms in total. The number of halogens is 3. The van der Waals surface area contributed by atoms with Gasteiger partial charge in [-0.1, -0.05) is 29.8 Å². The molecule has 1 aromatic heterocycles. The molecule has 1 aliphatic carbocycles. The maximum atomic E-state index is 14.6. The highest BCUT2D eigenvalue weighted by Gasteiger charge is 2.47. The summed E-state index contributed by atoms with van der Waals surface area (Å²) in [6.45, 7) is 4.98. The first-order valence-electron chi connectivity index (χ1n) is 10.8. The van der Waals surface area contributed by atoms with E-state index < -0.39 is 5.82 Å². The Morgan fingerprint density at radius 2 is 2.00 bits per heavy atom. The lowest BCUT2D eigenvalue weighted by molar-refractivity contribution is -0.132. The minimum atomic E-state index is -0.659. The van der Waals surface area contributed by atoms with E-state index in [1.54, 1.807) is 7.11 Å². The lowest BCUT2D eigenvalue weighted by Gasteiger charge is -2.53. The van der Waals surface area contributed by atoms with Gasteiger partial charge in [-0.15, -0.1) is 0 Å². The molecular formula is C24H22Cl2FN5O2. The molecule has 2 unspecified atom stereocenters. The van der Waals surface area contributed by atoms with E-state index in [1.807, 2.05) is 17.0 Å². The van der Waals surface area contributed by atoms with Gasteiger partial charge in [-0.05, 0) is 42.5 Å². The molecule has 6 rings (SSSR count). The molecule has 2 N–H and O–H groups in total. The minimum Gasteiger partial charge on any atom is -0.495 e. The Kier molecular flexibility index (Phi) is 5.95. The summed E-state index contributed by atoms with van der Waals surface area (Å²) >= 11 is 11.9. The Bertz CT molecular complexity index is 1290. The third kappa shape index (κ3) is 3.91. The van der Waals surface area contributed by atoms with Crippen molar-refractivity contribution in [2.75, 3.05) is 30.8 Å². The van der Waals surface area contributed by atoms with Crippen molar-refractivity contribution in [3.63, 3.8) is 0 Å². The molecule has 3 atom stereocenters. The Balaban J connectivity index is 1.45. The third-order valence-corrected chi connectivity index (χ3v) is 7.37. The molecule has 3 aromatic rings.